The number of rotatable bonds is 2. The zero-order chi connectivity index (χ0) is 6.69. The van der Waals surface area contributed by atoms with Gasteiger partial charge in [0.15, 0.2) is 0 Å². The lowest BCUT2D eigenvalue weighted by Crippen LogP contribution is -2.31. The summed E-state index contributed by atoms with van der Waals surface area (Å²) in [5.74, 6) is 0.0509. The van der Waals surface area contributed by atoms with Crippen LogP contribution in [0.15, 0.2) is 0 Å². The first-order valence-electron chi connectivity index (χ1n) is 3.28. The topological polar surface area (TPSA) is 32.3 Å². The molecule has 0 amide bonds. The van der Waals surface area contributed by atoms with Gasteiger partial charge in [0, 0.05) is 12.0 Å². The van der Waals surface area contributed by atoms with Crippen molar-refractivity contribution >= 4 is 0 Å². The molecule has 1 saturated heterocycles. The molecular formula is C6H12FNO. The fourth-order valence-corrected chi connectivity index (χ4v) is 1.22. The first-order valence-corrected chi connectivity index (χ1v) is 3.28. The molecule has 9 heavy (non-hydrogen) atoms. The second-order valence-electron chi connectivity index (χ2n) is 2.45. The molecule has 0 spiro atoms. The molecule has 0 aliphatic carbocycles. The van der Waals surface area contributed by atoms with Gasteiger partial charge in [-0.15, -0.1) is 0 Å². The van der Waals surface area contributed by atoms with E-state index in [1.165, 1.54) is 0 Å². The lowest BCUT2D eigenvalue weighted by atomic mass is 10.0. The molecule has 0 unspecified atom stereocenters. The average molecular weight is 133 g/mol. The summed E-state index contributed by atoms with van der Waals surface area (Å²) in [6.07, 6.45) is 0.863. The van der Waals surface area contributed by atoms with Gasteiger partial charge in [-0.1, -0.05) is 0 Å². The molecule has 2 atom stereocenters. The van der Waals surface area contributed by atoms with Crippen molar-refractivity contribution in [2.24, 2.45) is 5.92 Å². The summed E-state index contributed by atoms with van der Waals surface area (Å²) in [5.41, 5.74) is 0. The standard InChI is InChI=1S/C6H12FNO/c7-3-5-1-2-8-6(5)4-9/h5-6,8-9H,1-4H2/t5-,6+/m1/s1. The molecule has 0 aromatic rings. The summed E-state index contributed by atoms with van der Waals surface area (Å²) >= 11 is 0. The Kier molecular flexibility index (Phi) is 2.42. The fraction of sp³-hybridized carbons (Fsp3) is 1.00. The van der Waals surface area contributed by atoms with Crippen molar-refractivity contribution in [2.45, 2.75) is 12.5 Å². The molecule has 1 aliphatic heterocycles. The van der Waals surface area contributed by atoms with Gasteiger partial charge in [-0.3, -0.25) is 4.39 Å². The normalized spacial score (nSPS) is 35.3. The van der Waals surface area contributed by atoms with Crippen LogP contribution in [0.3, 0.4) is 0 Å². The van der Waals surface area contributed by atoms with Gasteiger partial charge in [-0.2, -0.15) is 0 Å². The largest absolute Gasteiger partial charge is 0.395 e. The molecule has 1 rings (SSSR count). The van der Waals surface area contributed by atoms with E-state index in [-0.39, 0.29) is 25.2 Å². The monoisotopic (exact) mass is 133 g/mol. The number of alkyl halides is 1. The minimum atomic E-state index is -0.307. The summed E-state index contributed by atoms with van der Waals surface area (Å²) < 4.78 is 12.0. The van der Waals surface area contributed by atoms with E-state index in [0.717, 1.165) is 13.0 Å². The van der Waals surface area contributed by atoms with Crippen molar-refractivity contribution in [2.75, 3.05) is 19.8 Å². The van der Waals surface area contributed by atoms with Crippen LogP contribution in [0.2, 0.25) is 0 Å². The molecular weight excluding hydrogens is 121 g/mol. The van der Waals surface area contributed by atoms with E-state index in [1.807, 2.05) is 0 Å². The first-order chi connectivity index (χ1) is 4.38. The molecule has 1 aliphatic rings. The van der Waals surface area contributed by atoms with Crippen molar-refractivity contribution in [3.8, 4) is 0 Å². The van der Waals surface area contributed by atoms with Crippen LogP contribution in [0.1, 0.15) is 6.42 Å². The summed E-state index contributed by atoms with van der Waals surface area (Å²) in [6.45, 7) is 0.604. The van der Waals surface area contributed by atoms with Gasteiger partial charge in [-0.25, -0.2) is 0 Å². The van der Waals surface area contributed by atoms with E-state index in [1.54, 1.807) is 0 Å². The van der Waals surface area contributed by atoms with Crippen LogP contribution in [0.5, 0.6) is 0 Å². The third-order valence-electron chi connectivity index (χ3n) is 1.89. The molecule has 0 saturated carbocycles. The summed E-state index contributed by atoms with van der Waals surface area (Å²) in [6, 6.07) is 0.00926. The quantitative estimate of drug-likeness (QED) is 0.552. The molecule has 0 aromatic carbocycles. The van der Waals surface area contributed by atoms with Crippen LogP contribution in [-0.4, -0.2) is 31.0 Å². The smallest absolute Gasteiger partial charge is 0.0938 e. The van der Waals surface area contributed by atoms with Gasteiger partial charge in [0.2, 0.25) is 0 Å². The van der Waals surface area contributed by atoms with E-state index < -0.39 is 0 Å². The molecule has 1 fully saturated rings. The Morgan fingerprint density at radius 1 is 1.67 bits per heavy atom. The number of hydrogen-bond donors (Lipinski definition) is 2. The lowest BCUT2D eigenvalue weighted by molar-refractivity contribution is 0.209. The lowest BCUT2D eigenvalue weighted by Gasteiger charge is -2.11. The van der Waals surface area contributed by atoms with Crippen molar-refractivity contribution < 1.29 is 9.50 Å². The molecule has 54 valence electrons. The molecule has 0 aromatic heterocycles. The van der Waals surface area contributed by atoms with Gasteiger partial charge < -0.3 is 10.4 Å². The maximum atomic E-state index is 12.0. The zero-order valence-corrected chi connectivity index (χ0v) is 5.31. The van der Waals surface area contributed by atoms with Gasteiger partial charge in [0.05, 0.1) is 13.3 Å². The van der Waals surface area contributed by atoms with Gasteiger partial charge in [-0.05, 0) is 13.0 Å². The van der Waals surface area contributed by atoms with Crippen LogP contribution in [-0.2, 0) is 0 Å². The molecule has 2 nitrogen and oxygen atoms in total. The highest BCUT2D eigenvalue weighted by molar-refractivity contribution is 4.82. The van der Waals surface area contributed by atoms with Crippen molar-refractivity contribution in [1.29, 1.82) is 0 Å². The highest BCUT2D eigenvalue weighted by atomic mass is 19.1. The van der Waals surface area contributed by atoms with E-state index in [0.29, 0.717) is 0 Å². The molecule has 3 heteroatoms. The van der Waals surface area contributed by atoms with Gasteiger partial charge in [0.25, 0.3) is 0 Å². The minimum Gasteiger partial charge on any atom is -0.395 e. The predicted octanol–water partition coefficient (Wildman–Crippen LogP) is -0.0737. The van der Waals surface area contributed by atoms with Gasteiger partial charge >= 0.3 is 0 Å². The van der Waals surface area contributed by atoms with E-state index in [9.17, 15) is 4.39 Å². The highest BCUT2D eigenvalue weighted by Crippen LogP contribution is 2.14. The number of hydrogen-bond acceptors (Lipinski definition) is 2. The molecule has 0 bridgehead atoms. The predicted molar refractivity (Wildman–Crippen MR) is 33.0 cm³/mol. The SMILES string of the molecule is OC[C@@H]1NCC[C@@H]1CF. The second kappa shape index (κ2) is 3.13. The Morgan fingerprint density at radius 2 is 2.44 bits per heavy atom. The minimum absolute atomic E-state index is 0.00926. The highest BCUT2D eigenvalue weighted by Gasteiger charge is 2.25. The third-order valence-corrected chi connectivity index (χ3v) is 1.89. The van der Waals surface area contributed by atoms with E-state index in [2.05, 4.69) is 5.32 Å². The second-order valence-corrected chi connectivity index (χ2v) is 2.45. The average Bonchev–Trinajstić information content (AvgIpc) is 2.33. The van der Waals surface area contributed by atoms with Crippen molar-refractivity contribution in [1.82, 2.24) is 5.32 Å². The first kappa shape index (κ1) is 6.96. The Balaban J connectivity index is 2.32. The molecule has 1 heterocycles. The number of halogens is 1. The molecule has 2 N–H and O–H groups in total. The maximum Gasteiger partial charge on any atom is 0.0938 e. The van der Waals surface area contributed by atoms with Gasteiger partial charge in [0.1, 0.15) is 0 Å². The van der Waals surface area contributed by atoms with Crippen LogP contribution in [0, 0.1) is 5.92 Å². The van der Waals surface area contributed by atoms with Crippen LogP contribution in [0.4, 0.5) is 4.39 Å². The Labute approximate surface area is 54.1 Å². The summed E-state index contributed by atoms with van der Waals surface area (Å²) in [5, 5.41) is 11.7. The summed E-state index contributed by atoms with van der Waals surface area (Å²) in [7, 11) is 0. The Morgan fingerprint density at radius 3 is 2.89 bits per heavy atom. The molecule has 0 radical (unpaired) electrons. The maximum absolute atomic E-state index is 12.0. The number of aliphatic hydroxyl groups is 1. The van der Waals surface area contributed by atoms with E-state index in [4.69, 9.17) is 5.11 Å². The van der Waals surface area contributed by atoms with Crippen molar-refractivity contribution in [3.05, 3.63) is 0 Å². The summed E-state index contributed by atoms with van der Waals surface area (Å²) in [4.78, 5) is 0. The van der Waals surface area contributed by atoms with E-state index >= 15 is 0 Å². The Hall–Kier alpha value is -0.150. The third kappa shape index (κ3) is 1.40. The zero-order valence-electron chi connectivity index (χ0n) is 5.31. The van der Waals surface area contributed by atoms with Crippen LogP contribution >= 0.6 is 0 Å². The van der Waals surface area contributed by atoms with Crippen LogP contribution < -0.4 is 5.32 Å². The van der Waals surface area contributed by atoms with Crippen LogP contribution in [0.25, 0.3) is 0 Å². The number of aliphatic hydroxyl groups excluding tert-OH is 1. The Bertz CT molecular complexity index is 79.1. The van der Waals surface area contributed by atoms with Crippen molar-refractivity contribution in [3.63, 3.8) is 0 Å². The number of nitrogens with one attached hydrogen (secondary N) is 1. The fourth-order valence-electron chi connectivity index (χ4n) is 1.22.